The van der Waals surface area contributed by atoms with Gasteiger partial charge >= 0.3 is 0 Å². The lowest BCUT2D eigenvalue weighted by molar-refractivity contribution is 0.102. The molecule has 0 bridgehead atoms. The van der Waals surface area contributed by atoms with E-state index >= 15 is 0 Å². The molecular weight excluding hydrogens is 424 g/mol. The van der Waals surface area contributed by atoms with E-state index in [1.54, 1.807) is 35.6 Å². The molecule has 0 fully saturated rings. The molecule has 0 radical (unpaired) electrons. The Labute approximate surface area is 180 Å². The van der Waals surface area contributed by atoms with Crippen LogP contribution in [-0.4, -0.2) is 21.5 Å². The highest BCUT2D eigenvalue weighted by atomic mass is 35.5. The standard InChI is InChI=1S/C22H15ClN2O2S2/c23-14-8-5-13(6-9-14)17(26)11-28-22-24-20(27)18-16-10-7-12-3-1-2-4-15(12)19(16)29-21(18)25-22/h1-6,8-9H,7,10-11H2,(H,24,25,27). The summed E-state index contributed by atoms with van der Waals surface area (Å²) in [5.74, 6) is 0.165. The van der Waals surface area contributed by atoms with Crippen LogP contribution in [0, 0.1) is 0 Å². The van der Waals surface area contributed by atoms with E-state index in [2.05, 4.69) is 28.2 Å². The molecule has 0 amide bonds. The van der Waals surface area contributed by atoms with Crippen molar-refractivity contribution in [2.24, 2.45) is 0 Å². The van der Waals surface area contributed by atoms with Crippen LogP contribution in [0.4, 0.5) is 0 Å². The number of benzene rings is 2. The second-order valence-corrected chi connectivity index (χ2v) is 9.24. The number of thioether (sulfide) groups is 1. The van der Waals surface area contributed by atoms with Crippen molar-refractivity contribution in [1.29, 1.82) is 0 Å². The molecule has 0 spiro atoms. The highest BCUT2D eigenvalue weighted by molar-refractivity contribution is 7.99. The number of carbonyl (C=O) groups excluding carboxylic acids is 1. The second-order valence-electron chi connectivity index (χ2n) is 6.84. The number of ketones is 1. The first-order chi connectivity index (χ1) is 14.1. The molecule has 1 aliphatic carbocycles. The molecule has 1 aliphatic rings. The maximum atomic E-state index is 12.8. The number of Topliss-reactive ketones (excluding diaryl/α,β-unsaturated/α-hetero) is 1. The normalized spacial score (nSPS) is 12.6. The first kappa shape index (κ1) is 18.6. The molecule has 144 valence electrons. The summed E-state index contributed by atoms with van der Waals surface area (Å²) in [4.78, 5) is 34.6. The van der Waals surface area contributed by atoms with Gasteiger partial charge in [0.15, 0.2) is 10.9 Å². The molecule has 0 unspecified atom stereocenters. The van der Waals surface area contributed by atoms with Gasteiger partial charge in [-0.3, -0.25) is 9.59 Å². The summed E-state index contributed by atoms with van der Waals surface area (Å²) >= 11 is 8.68. The maximum Gasteiger partial charge on any atom is 0.260 e. The number of aromatic nitrogens is 2. The van der Waals surface area contributed by atoms with Crippen molar-refractivity contribution >= 4 is 50.7 Å². The molecule has 29 heavy (non-hydrogen) atoms. The number of aromatic amines is 1. The number of fused-ring (bicyclic) bond motifs is 5. The lowest BCUT2D eigenvalue weighted by Crippen LogP contribution is -2.12. The molecule has 7 heteroatoms. The van der Waals surface area contributed by atoms with Gasteiger partial charge in [0, 0.05) is 15.5 Å². The number of nitrogens with one attached hydrogen (secondary N) is 1. The molecule has 0 saturated heterocycles. The van der Waals surface area contributed by atoms with Gasteiger partial charge in [-0.1, -0.05) is 47.6 Å². The Morgan fingerprint density at radius 3 is 2.76 bits per heavy atom. The zero-order valence-corrected chi connectivity index (χ0v) is 17.6. The van der Waals surface area contributed by atoms with Gasteiger partial charge in [0.05, 0.1) is 11.1 Å². The third kappa shape index (κ3) is 3.41. The number of hydrogen-bond acceptors (Lipinski definition) is 5. The zero-order chi connectivity index (χ0) is 20.0. The zero-order valence-electron chi connectivity index (χ0n) is 15.2. The van der Waals surface area contributed by atoms with Crippen molar-refractivity contribution < 1.29 is 4.79 Å². The molecule has 0 saturated carbocycles. The van der Waals surface area contributed by atoms with Gasteiger partial charge in [0.2, 0.25) is 0 Å². The van der Waals surface area contributed by atoms with E-state index in [1.807, 2.05) is 6.07 Å². The molecule has 2 aromatic carbocycles. The van der Waals surface area contributed by atoms with E-state index in [9.17, 15) is 9.59 Å². The average Bonchev–Trinajstić information content (AvgIpc) is 3.12. The SMILES string of the molecule is O=C(CSc1nc2sc3c(c2c(=O)[nH]1)CCc1ccccc1-3)c1ccc(Cl)cc1. The number of thiophene rings is 1. The van der Waals surface area contributed by atoms with Crippen molar-refractivity contribution in [3.8, 4) is 10.4 Å². The smallest absolute Gasteiger partial charge is 0.260 e. The fraction of sp³-hybridized carbons (Fsp3) is 0.136. The monoisotopic (exact) mass is 438 g/mol. The molecule has 0 aliphatic heterocycles. The summed E-state index contributed by atoms with van der Waals surface area (Å²) in [6.45, 7) is 0. The molecule has 1 N–H and O–H groups in total. The Bertz CT molecular complexity index is 1310. The highest BCUT2D eigenvalue weighted by Gasteiger charge is 2.23. The molecule has 2 heterocycles. The number of hydrogen-bond donors (Lipinski definition) is 1. The van der Waals surface area contributed by atoms with Gasteiger partial charge in [-0.05, 0) is 53.8 Å². The topological polar surface area (TPSA) is 62.8 Å². The highest BCUT2D eigenvalue weighted by Crippen LogP contribution is 2.42. The summed E-state index contributed by atoms with van der Waals surface area (Å²) in [7, 11) is 0. The van der Waals surface area contributed by atoms with E-state index in [0.717, 1.165) is 28.1 Å². The largest absolute Gasteiger partial charge is 0.301 e. The third-order valence-corrected chi connectivity index (χ3v) is 7.34. The Morgan fingerprint density at radius 1 is 1.14 bits per heavy atom. The van der Waals surface area contributed by atoms with E-state index in [1.165, 1.54) is 22.9 Å². The molecule has 2 aromatic heterocycles. The number of nitrogens with zero attached hydrogens (tertiary/aromatic N) is 1. The lowest BCUT2D eigenvalue weighted by Gasteiger charge is -2.15. The van der Waals surface area contributed by atoms with Crippen LogP contribution in [0.25, 0.3) is 20.7 Å². The van der Waals surface area contributed by atoms with Gasteiger partial charge in [-0.25, -0.2) is 4.98 Å². The van der Waals surface area contributed by atoms with Crippen LogP contribution in [0.1, 0.15) is 21.5 Å². The fourth-order valence-corrected chi connectivity index (χ4v) is 5.87. The predicted octanol–water partition coefficient (Wildman–Crippen LogP) is 5.38. The van der Waals surface area contributed by atoms with Crippen LogP contribution in [0.15, 0.2) is 58.5 Å². The fourth-order valence-electron chi connectivity index (χ4n) is 3.64. The Hall–Kier alpha value is -2.41. The Kier molecular flexibility index (Phi) is 4.78. The van der Waals surface area contributed by atoms with E-state index in [-0.39, 0.29) is 17.1 Å². The quantitative estimate of drug-likeness (QED) is 0.264. The first-order valence-corrected chi connectivity index (χ1v) is 11.3. The van der Waals surface area contributed by atoms with Crippen LogP contribution in [0.2, 0.25) is 5.02 Å². The molecule has 4 aromatic rings. The number of rotatable bonds is 4. The van der Waals surface area contributed by atoms with E-state index in [4.69, 9.17) is 11.6 Å². The first-order valence-electron chi connectivity index (χ1n) is 9.15. The van der Waals surface area contributed by atoms with Gasteiger partial charge in [-0.15, -0.1) is 11.3 Å². The molecule has 5 rings (SSSR count). The van der Waals surface area contributed by atoms with Gasteiger partial charge in [0.1, 0.15) is 4.83 Å². The molecule has 0 atom stereocenters. The Morgan fingerprint density at radius 2 is 1.93 bits per heavy atom. The van der Waals surface area contributed by atoms with Crippen molar-refractivity contribution in [3.05, 3.63) is 80.6 Å². The third-order valence-electron chi connectivity index (χ3n) is 5.05. The van der Waals surface area contributed by atoms with E-state index < -0.39 is 0 Å². The van der Waals surface area contributed by atoms with Crippen LogP contribution in [0.5, 0.6) is 0 Å². The van der Waals surface area contributed by atoms with Crippen LogP contribution in [0.3, 0.4) is 0 Å². The minimum Gasteiger partial charge on any atom is -0.301 e. The predicted molar refractivity (Wildman–Crippen MR) is 120 cm³/mol. The van der Waals surface area contributed by atoms with Crippen molar-refractivity contribution in [1.82, 2.24) is 9.97 Å². The summed E-state index contributed by atoms with van der Waals surface area (Å²) < 4.78 is 0. The maximum absolute atomic E-state index is 12.8. The van der Waals surface area contributed by atoms with Crippen molar-refractivity contribution in [2.75, 3.05) is 5.75 Å². The average molecular weight is 439 g/mol. The summed E-state index contributed by atoms with van der Waals surface area (Å²) in [6.07, 6.45) is 1.78. The van der Waals surface area contributed by atoms with E-state index in [0.29, 0.717) is 21.1 Å². The number of aryl methyl sites for hydroxylation is 2. The lowest BCUT2D eigenvalue weighted by atomic mass is 9.90. The minimum absolute atomic E-state index is 0.0335. The van der Waals surface area contributed by atoms with Crippen LogP contribution in [-0.2, 0) is 12.8 Å². The number of halogens is 1. The van der Waals surface area contributed by atoms with Crippen LogP contribution < -0.4 is 5.56 Å². The minimum atomic E-state index is -0.131. The summed E-state index contributed by atoms with van der Waals surface area (Å²) in [5, 5.41) is 1.75. The van der Waals surface area contributed by atoms with Crippen molar-refractivity contribution in [3.63, 3.8) is 0 Å². The second kappa shape index (κ2) is 7.44. The molecular formula is C22H15ClN2O2S2. The van der Waals surface area contributed by atoms with Gasteiger partial charge in [0.25, 0.3) is 5.56 Å². The summed E-state index contributed by atoms with van der Waals surface area (Å²) in [6, 6.07) is 15.1. The van der Waals surface area contributed by atoms with Crippen molar-refractivity contribution in [2.45, 2.75) is 18.0 Å². The van der Waals surface area contributed by atoms with Gasteiger partial charge < -0.3 is 4.98 Å². The van der Waals surface area contributed by atoms with Gasteiger partial charge in [-0.2, -0.15) is 0 Å². The van der Waals surface area contributed by atoms with Crippen LogP contribution >= 0.6 is 34.7 Å². The molecule has 4 nitrogen and oxygen atoms in total. The Balaban J connectivity index is 1.46. The summed E-state index contributed by atoms with van der Waals surface area (Å²) in [5.41, 5.74) is 4.06. The number of H-pyrrole nitrogens is 1. The number of carbonyl (C=O) groups is 1.